The number of rotatable bonds is 5. The largest absolute Gasteiger partial charge is 0.486 e. The number of halogens is 2. The summed E-state index contributed by atoms with van der Waals surface area (Å²) in [7, 11) is 0. The van der Waals surface area contributed by atoms with E-state index in [0.717, 1.165) is 54.6 Å². The average Bonchev–Trinajstić information content (AvgIpc) is 3.32. The van der Waals surface area contributed by atoms with Crippen molar-refractivity contribution in [3.05, 3.63) is 70.0 Å². The summed E-state index contributed by atoms with van der Waals surface area (Å²) in [5.41, 5.74) is 3.36. The van der Waals surface area contributed by atoms with Crippen LogP contribution in [0.4, 0.5) is 0 Å². The Morgan fingerprint density at radius 1 is 1.13 bits per heavy atom. The van der Waals surface area contributed by atoms with Gasteiger partial charge in [-0.05, 0) is 49.9 Å². The Balaban J connectivity index is 1.28. The van der Waals surface area contributed by atoms with Crippen LogP contribution in [0.2, 0.25) is 10.0 Å². The Morgan fingerprint density at radius 2 is 1.89 bits per heavy atom. The molecule has 4 aromatic rings. The molecule has 2 aliphatic heterocycles. The van der Waals surface area contributed by atoms with Crippen molar-refractivity contribution in [2.45, 2.75) is 44.8 Å². The van der Waals surface area contributed by atoms with E-state index in [0.29, 0.717) is 39.1 Å². The van der Waals surface area contributed by atoms with E-state index < -0.39 is 0 Å². The molecule has 1 atom stereocenters. The van der Waals surface area contributed by atoms with Crippen molar-refractivity contribution < 1.29 is 14.3 Å². The highest BCUT2D eigenvalue weighted by Gasteiger charge is 2.42. The maximum absolute atomic E-state index is 13.3. The van der Waals surface area contributed by atoms with E-state index in [1.54, 1.807) is 12.4 Å². The maximum Gasteiger partial charge on any atom is 0.170 e. The molecule has 2 aromatic carbocycles. The number of ketones is 1. The van der Waals surface area contributed by atoms with Crippen LogP contribution in [-0.2, 0) is 0 Å². The van der Waals surface area contributed by atoms with E-state index in [2.05, 4.69) is 27.0 Å². The third-order valence-corrected chi connectivity index (χ3v) is 8.32. The molecule has 38 heavy (non-hydrogen) atoms. The molecular formula is C29H28Cl2N4O3. The Labute approximate surface area is 231 Å². The SMILES string of the molecule is CCN1CCC2(CC1)CC(=O)c1cc(-c3n[nH]c4ccc(O[C@H](C)c5c(Cl)cncc5Cl)cc34)ccc1O2. The van der Waals surface area contributed by atoms with Crippen LogP contribution in [-0.4, -0.2) is 51.1 Å². The van der Waals surface area contributed by atoms with Gasteiger partial charge in [-0.3, -0.25) is 14.9 Å². The lowest BCUT2D eigenvalue weighted by Crippen LogP contribution is -2.50. The standard InChI is InChI=1S/C29H28Cl2N4O3/c1-3-35-10-8-29(9-11-35)14-25(36)21-12-18(4-7-26(21)38-29)28-20-13-19(5-6-24(20)33-34-28)37-17(2)27-22(30)15-32-16-23(27)31/h4-7,12-13,15-17H,3,8-11,14H2,1-2H3,(H,33,34)/t17-/m1/s1. The van der Waals surface area contributed by atoms with Gasteiger partial charge in [0.1, 0.15) is 28.9 Å². The molecule has 7 nitrogen and oxygen atoms in total. The van der Waals surface area contributed by atoms with E-state index in [9.17, 15) is 4.79 Å². The number of pyridine rings is 1. The van der Waals surface area contributed by atoms with Crippen molar-refractivity contribution in [2.24, 2.45) is 0 Å². The molecule has 4 heterocycles. The number of likely N-dealkylation sites (tertiary alicyclic amines) is 1. The number of aromatic amines is 1. The number of ether oxygens (including phenoxy) is 2. The number of Topliss-reactive ketones (excluding diaryl/α,β-unsaturated/α-hetero) is 1. The fourth-order valence-corrected chi connectivity index (χ4v) is 6.23. The second-order valence-electron chi connectivity index (χ2n) is 10.1. The fourth-order valence-electron chi connectivity index (χ4n) is 5.56. The van der Waals surface area contributed by atoms with Crippen LogP contribution in [0.25, 0.3) is 22.2 Å². The molecule has 1 spiro atoms. The molecule has 0 bridgehead atoms. The third kappa shape index (κ3) is 4.53. The summed E-state index contributed by atoms with van der Waals surface area (Å²) in [5, 5.41) is 9.43. The summed E-state index contributed by atoms with van der Waals surface area (Å²) in [5.74, 6) is 1.44. The molecular weight excluding hydrogens is 523 g/mol. The lowest BCUT2D eigenvalue weighted by molar-refractivity contribution is -0.00779. The number of hydrogen-bond acceptors (Lipinski definition) is 6. The number of piperidine rings is 1. The first-order valence-electron chi connectivity index (χ1n) is 12.9. The highest BCUT2D eigenvalue weighted by Crippen LogP contribution is 2.41. The third-order valence-electron chi connectivity index (χ3n) is 7.72. The first-order valence-corrected chi connectivity index (χ1v) is 13.6. The zero-order valence-electron chi connectivity index (χ0n) is 21.3. The molecule has 1 saturated heterocycles. The molecule has 6 rings (SSSR count). The summed E-state index contributed by atoms with van der Waals surface area (Å²) < 4.78 is 12.7. The van der Waals surface area contributed by atoms with Crippen molar-refractivity contribution >= 4 is 39.9 Å². The van der Waals surface area contributed by atoms with Crippen LogP contribution in [0.15, 0.2) is 48.8 Å². The Morgan fingerprint density at radius 3 is 2.63 bits per heavy atom. The normalized spacial score (nSPS) is 17.8. The van der Waals surface area contributed by atoms with Gasteiger partial charge in [0.25, 0.3) is 0 Å². The molecule has 9 heteroatoms. The minimum absolute atomic E-state index is 0.127. The number of carbonyl (C=O) groups is 1. The smallest absolute Gasteiger partial charge is 0.170 e. The molecule has 196 valence electrons. The van der Waals surface area contributed by atoms with Gasteiger partial charge in [0, 0.05) is 54.8 Å². The Hall–Kier alpha value is -3.13. The molecule has 0 saturated carbocycles. The number of nitrogens with one attached hydrogen (secondary N) is 1. The number of fused-ring (bicyclic) bond motifs is 2. The summed E-state index contributed by atoms with van der Waals surface area (Å²) >= 11 is 12.6. The van der Waals surface area contributed by atoms with E-state index in [4.69, 9.17) is 32.7 Å². The second kappa shape index (κ2) is 9.88. The molecule has 0 unspecified atom stereocenters. The van der Waals surface area contributed by atoms with Crippen LogP contribution in [0, 0.1) is 0 Å². The summed E-state index contributed by atoms with van der Waals surface area (Å²) in [4.78, 5) is 19.7. The molecule has 0 amide bonds. The Bertz CT molecular complexity index is 1510. The van der Waals surface area contributed by atoms with Crippen molar-refractivity contribution in [1.82, 2.24) is 20.1 Å². The number of H-pyrrole nitrogens is 1. The minimum Gasteiger partial charge on any atom is -0.486 e. The van der Waals surface area contributed by atoms with Crippen LogP contribution in [0.3, 0.4) is 0 Å². The molecule has 2 aromatic heterocycles. The first kappa shape index (κ1) is 25.2. The van der Waals surface area contributed by atoms with E-state index in [1.807, 2.05) is 43.3 Å². The second-order valence-corrected chi connectivity index (χ2v) is 10.9. The average molecular weight is 551 g/mol. The predicted molar refractivity (Wildman–Crippen MR) is 148 cm³/mol. The van der Waals surface area contributed by atoms with Crippen molar-refractivity contribution in [3.8, 4) is 22.8 Å². The van der Waals surface area contributed by atoms with Crippen LogP contribution < -0.4 is 9.47 Å². The summed E-state index contributed by atoms with van der Waals surface area (Å²) in [6.07, 6.45) is 4.87. The van der Waals surface area contributed by atoms with Gasteiger partial charge in [0.15, 0.2) is 5.78 Å². The molecule has 0 radical (unpaired) electrons. The molecule has 1 fully saturated rings. The van der Waals surface area contributed by atoms with Gasteiger partial charge in [0.2, 0.25) is 0 Å². The zero-order chi connectivity index (χ0) is 26.4. The van der Waals surface area contributed by atoms with E-state index in [-0.39, 0.29) is 17.5 Å². The molecule has 1 N–H and O–H groups in total. The van der Waals surface area contributed by atoms with Crippen LogP contribution in [0.5, 0.6) is 11.5 Å². The summed E-state index contributed by atoms with van der Waals surface area (Å²) in [6, 6.07) is 11.5. The van der Waals surface area contributed by atoms with Crippen molar-refractivity contribution in [1.29, 1.82) is 0 Å². The number of aromatic nitrogens is 3. The highest BCUT2D eigenvalue weighted by molar-refractivity contribution is 6.35. The van der Waals surface area contributed by atoms with Gasteiger partial charge in [0.05, 0.1) is 27.5 Å². The first-order chi connectivity index (χ1) is 18.4. The Kier molecular flexibility index (Phi) is 6.54. The van der Waals surface area contributed by atoms with Gasteiger partial charge < -0.3 is 14.4 Å². The maximum atomic E-state index is 13.3. The van der Waals surface area contributed by atoms with Crippen molar-refractivity contribution in [2.75, 3.05) is 19.6 Å². The van der Waals surface area contributed by atoms with Gasteiger partial charge in [-0.1, -0.05) is 30.1 Å². The number of benzene rings is 2. The van der Waals surface area contributed by atoms with Gasteiger partial charge in [-0.25, -0.2) is 0 Å². The summed E-state index contributed by atoms with van der Waals surface area (Å²) in [6.45, 7) is 7.00. The van der Waals surface area contributed by atoms with Gasteiger partial charge >= 0.3 is 0 Å². The quantitative estimate of drug-likeness (QED) is 0.291. The lowest BCUT2D eigenvalue weighted by Gasteiger charge is -2.43. The van der Waals surface area contributed by atoms with E-state index in [1.165, 1.54) is 0 Å². The predicted octanol–water partition coefficient (Wildman–Crippen LogP) is 6.89. The fraction of sp³-hybridized carbons (Fsp3) is 0.345. The monoisotopic (exact) mass is 550 g/mol. The van der Waals surface area contributed by atoms with Gasteiger partial charge in [-0.15, -0.1) is 0 Å². The topological polar surface area (TPSA) is 80.3 Å². The van der Waals surface area contributed by atoms with E-state index >= 15 is 0 Å². The van der Waals surface area contributed by atoms with Crippen LogP contribution >= 0.6 is 23.2 Å². The minimum atomic E-state index is -0.389. The molecule has 2 aliphatic rings. The highest BCUT2D eigenvalue weighted by atomic mass is 35.5. The number of hydrogen-bond donors (Lipinski definition) is 1. The lowest BCUT2D eigenvalue weighted by atomic mass is 9.82. The molecule has 0 aliphatic carbocycles. The van der Waals surface area contributed by atoms with Crippen molar-refractivity contribution in [3.63, 3.8) is 0 Å². The number of nitrogens with zero attached hydrogens (tertiary/aromatic N) is 3. The van der Waals surface area contributed by atoms with Crippen LogP contribution in [0.1, 0.15) is 55.1 Å². The number of carbonyl (C=O) groups excluding carboxylic acids is 1. The van der Waals surface area contributed by atoms with Gasteiger partial charge in [-0.2, -0.15) is 5.10 Å². The zero-order valence-corrected chi connectivity index (χ0v) is 22.8.